The van der Waals surface area contributed by atoms with E-state index in [1.807, 2.05) is 14.0 Å². The van der Waals surface area contributed by atoms with E-state index in [-0.39, 0.29) is 11.9 Å². The van der Waals surface area contributed by atoms with Crippen LogP contribution in [0.25, 0.3) is 0 Å². The number of hydrogen-bond donors (Lipinski definition) is 2. The second-order valence-electron chi connectivity index (χ2n) is 4.38. The molecule has 0 aromatic carbocycles. The fraction of sp³-hybridized carbons (Fsp3) is 0.909. The molecule has 1 rings (SSSR count). The summed E-state index contributed by atoms with van der Waals surface area (Å²) in [7, 11) is 1.99. The number of nitrogens with two attached hydrogens (primary N) is 1. The first-order valence-electron chi connectivity index (χ1n) is 5.87. The van der Waals surface area contributed by atoms with E-state index in [0.29, 0.717) is 19.1 Å². The monoisotopic (exact) mass is 213 g/mol. The van der Waals surface area contributed by atoms with Crippen molar-refractivity contribution in [3.8, 4) is 0 Å². The first kappa shape index (κ1) is 12.5. The number of nitrogens with zero attached hydrogens (tertiary/aromatic N) is 1. The Balaban J connectivity index is 2.37. The van der Waals surface area contributed by atoms with Gasteiger partial charge in [0.2, 0.25) is 5.91 Å². The van der Waals surface area contributed by atoms with Gasteiger partial charge in [-0.05, 0) is 26.8 Å². The molecule has 1 aliphatic rings. The molecule has 0 aliphatic heterocycles. The summed E-state index contributed by atoms with van der Waals surface area (Å²) < 4.78 is 0. The van der Waals surface area contributed by atoms with Gasteiger partial charge < -0.3 is 11.1 Å². The third kappa shape index (κ3) is 3.80. The third-order valence-electron chi connectivity index (χ3n) is 3.11. The molecule has 1 saturated carbocycles. The lowest BCUT2D eigenvalue weighted by atomic mass is 9.90. The van der Waals surface area contributed by atoms with E-state index in [9.17, 15) is 4.79 Å². The predicted molar refractivity (Wildman–Crippen MR) is 61.5 cm³/mol. The van der Waals surface area contributed by atoms with Crippen LogP contribution in [0, 0.1) is 0 Å². The van der Waals surface area contributed by atoms with Gasteiger partial charge in [0, 0.05) is 18.6 Å². The zero-order valence-electron chi connectivity index (χ0n) is 9.83. The quantitative estimate of drug-likeness (QED) is 0.707. The van der Waals surface area contributed by atoms with Crippen molar-refractivity contribution in [2.75, 3.05) is 20.1 Å². The maximum Gasteiger partial charge on any atom is 0.234 e. The molecule has 0 radical (unpaired) electrons. The Morgan fingerprint density at radius 3 is 2.73 bits per heavy atom. The minimum Gasteiger partial charge on any atom is -0.355 e. The standard InChI is InChI=1S/C11H23N3O/c1-3-13-11(15)8-14(2)10-7-5-4-6-9(10)12/h9-10H,3-8,12H2,1-2H3,(H,13,15). The van der Waals surface area contributed by atoms with Gasteiger partial charge in [0.15, 0.2) is 0 Å². The molecule has 88 valence electrons. The minimum absolute atomic E-state index is 0.0952. The Kier molecular flexibility index (Phi) is 5.05. The van der Waals surface area contributed by atoms with Crippen LogP contribution in [0.15, 0.2) is 0 Å². The second-order valence-corrected chi connectivity index (χ2v) is 4.38. The fourth-order valence-electron chi connectivity index (χ4n) is 2.28. The lowest BCUT2D eigenvalue weighted by Gasteiger charge is -2.35. The van der Waals surface area contributed by atoms with Crippen LogP contribution in [-0.2, 0) is 4.79 Å². The zero-order chi connectivity index (χ0) is 11.3. The molecule has 0 heterocycles. The zero-order valence-corrected chi connectivity index (χ0v) is 9.83. The molecule has 0 aromatic rings. The molecule has 1 amide bonds. The highest BCUT2D eigenvalue weighted by atomic mass is 16.2. The summed E-state index contributed by atoms with van der Waals surface area (Å²) in [6.07, 6.45) is 4.67. The van der Waals surface area contributed by atoms with E-state index in [4.69, 9.17) is 5.73 Å². The van der Waals surface area contributed by atoms with E-state index < -0.39 is 0 Å². The SMILES string of the molecule is CCNC(=O)CN(C)C1CCCCC1N. The fourth-order valence-corrected chi connectivity index (χ4v) is 2.28. The Labute approximate surface area is 92.2 Å². The van der Waals surface area contributed by atoms with Crippen LogP contribution < -0.4 is 11.1 Å². The van der Waals surface area contributed by atoms with E-state index >= 15 is 0 Å². The lowest BCUT2D eigenvalue weighted by molar-refractivity contribution is -0.122. The van der Waals surface area contributed by atoms with Crippen molar-refractivity contribution >= 4 is 5.91 Å². The molecule has 4 nitrogen and oxygen atoms in total. The molecule has 15 heavy (non-hydrogen) atoms. The second kappa shape index (κ2) is 6.08. The van der Waals surface area contributed by atoms with Crippen molar-refractivity contribution in [1.82, 2.24) is 10.2 Å². The number of rotatable bonds is 4. The maximum absolute atomic E-state index is 11.4. The normalized spacial score (nSPS) is 26.7. The summed E-state index contributed by atoms with van der Waals surface area (Å²) in [6.45, 7) is 3.10. The molecule has 0 bridgehead atoms. The third-order valence-corrected chi connectivity index (χ3v) is 3.11. The van der Waals surface area contributed by atoms with Crippen molar-refractivity contribution in [3.05, 3.63) is 0 Å². The van der Waals surface area contributed by atoms with Gasteiger partial charge in [0.05, 0.1) is 6.54 Å². The molecular weight excluding hydrogens is 190 g/mol. The van der Waals surface area contributed by atoms with E-state index in [1.165, 1.54) is 12.8 Å². The molecule has 2 atom stereocenters. The van der Waals surface area contributed by atoms with Gasteiger partial charge in [0.1, 0.15) is 0 Å². The first-order valence-corrected chi connectivity index (χ1v) is 5.87. The Morgan fingerprint density at radius 1 is 1.47 bits per heavy atom. The topological polar surface area (TPSA) is 58.4 Å². The molecule has 0 aromatic heterocycles. The number of hydrogen-bond acceptors (Lipinski definition) is 3. The number of likely N-dealkylation sites (N-methyl/N-ethyl adjacent to an activating group) is 2. The summed E-state index contributed by atoms with van der Waals surface area (Å²) in [5.74, 6) is 0.0952. The van der Waals surface area contributed by atoms with Crippen LogP contribution in [0.1, 0.15) is 32.6 Å². The first-order chi connectivity index (χ1) is 7.15. The largest absolute Gasteiger partial charge is 0.355 e. The summed E-state index contributed by atoms with van der Waals surface area (Å²) in [5.41, 5.74) is 6.06. The van der Waals surface area contributed by atoms with Crippen LogP contribution >= 0.6 is 0 Å². The minimum atomic E-state index is 0.0952. The van der Waals surface area contributed by atoms with Crippen molar-refractivity contribution in [2.24, 2.45) is 5.73 Å². The van der Waals surface area contributed by atoms with Crippen molar-refractivity contribution in [3.63, 3.8) is 0 Å². The van der Waals surface area contributed by atoms with Crippen LogP contribution in [0.4, 0.5) is 0 Å². The average Bonchev–Trinajstić information content (AvgIpc) is 2.18. The Bertz CT molecular complexity index is 208. The molecule has 0 saturated heterocycles. The smallest absolute Gasteiger partial charge is 0.234 e. The lowest BCUT2D eigenvalue weighted by Crippen LogP contribution is -2.50. The van der Waals surface area contributed by atoms with Crippen molar-refractivity contribution in [2.45, 2.75) is 44.7 Å². The van der Waals surface area contributed by atoms with Gasteiger partial charge in [-0.25, -0.2) is 0 Å². The summed E-state index contributed by atoms with van der Waals surface area (Å²) in [5, 5.41) is 2.81. The highest BCUT2D eigenvalue weighted by Gasteiger charge is 2.26. The Morgan fingerprint density at radius 2 is 2.13 bits per heavy atom. The molecule has 1 aliphatic carbocycles. The molecule has 0 spiro atoms. The summed E-state index contributed by atoms with van der Waals surface area (Å²) >= 11 is 0. The molecule has 2 unspecified atom stereocenters. The van der Waals surface area contributed by atoms with Gasteiger partial charge in [-0.1, -0.05) is 12.8 Å². The number of carbonyl (C=O) groups excluding carboxylic acids is 1. The number of nitrogens with one attached hydrogen (secondary N) is 1. The van der Waals surface area contributed by atoms with E-state index in [1.54, 1.807) is 0 Å². The van der Waals surface area contributed by atoms with Gasteiger partial charge >= 0.3 is 0 Å². The average molecular weight is 213 g/mol. The maximum atomic E-state index is 11.4. The van der Waals surface area contributed by atoms with Crippen LogP contribution in [-0.4, -0.2) is 43.0 Å². The van der Waals surface area contributed by atoms with Gasteiger partial charge in [-0.3, -0.25) is 9.69 Å². The summed E-state index contributed by atoms with van der Waals surface area (Å²) in [4.78, 5) is 13.5. The van der Waals surface area contributed by atoms with Gasteiger partial charge in [-0.2, -0.15) is 0 Å². The van der Waals surface area contributed by atoms with Crippen LogP contribution in [0.2, 0.25) is 0 Å². The number of carbonyl (C=O) groups is 1. The number of amides is 1. The van der Waals surface area contributed by atoms with Gasteiger partial charge in [-0.15, -0.1) is 0 Å². The van der Waals surface area contributed by atoms with Crippen LogP contribution in [0.3, 0.4) is 0 Å². The highest BCUT2D eigenvalue weighted by molar-refractivity contribution is 5.77. The Hall–Kier alpha value is -0.610. The summed E-state index contributed by atoms with van der Waals surface area (Å²) in [6, 6.07) is 0.611. The molecular formula is C11H23N3O. The van der Waals surface area contributed by atoms with E-state index in [0.717, 1.165) is 12.8 Å². The highest BCUT2D eigenvalue weighted by Crippen LogP contribution is 2.20. The van der Waals surface area contributed by atoms with E-state index in [2.05, 4.69) is 10.2 Å². The van der Waals surface area contributed by atoms with Crippen molar-refractivity contribution in [1.29, 1.82) is 0 Å². The van der Waals surface area contributed by atoms with Gasteiger partial charge in [0.25, 0.3) is 0 Å². The molecule has 1 fully saturated rings. The molecule has 3 N–H and O–H groups in total. The predicted octanol–water partition coefficient (Wildman–Crippen LogP) is 0.324. The van der Waals surface area contributed by atoms with Crippen LogP contribution in [0.5, 0.6) is 0 Å². The molecule has 4 heteroatoms. The van der Waals surface area contributed by atoms with Crippen molar-refractivity contribution < 1.29 is 4.79 Å².